The molecule has 1 amide bonds. The van der Waals surface area contributed by atoms with Crippen molar-refractivity contribution in [1.29, 1.82) is 0 Å². The minimum atomic E-state index is -0.462. The highest BCUT2D eigenvalue weighted by atomic mass is 79.9. The van der Waals surface area contributed by atoms with E-state index in [1.165, 1.54) is 17.1 Å². The molecule has 0 aliphatic rings. The van der Waals surface area contributed by atoms with Crippen LogP contribution in [0.1, 0.15) is 21.5 Å². The predicted octanol–water partition coefficient (Wildman–Crippen LogP) is 1.46. The number of aryl methyl sites for hydroxylation is 1. The lowest BCUT2D eigenvalue weighted by atomic mass is 10.0. The van der Waals surface area contributed by atoms with Gasteiger partial charge in [-0.15, -0.1) is 0 Å². The lowest BCUT2D eigenvalue weighted by molar-refractivity contribution is 0.1000. The maximum atomic E-state index is 11.9. The van der Waals surface area contributed by atoms with Crippen molar-refractivity contribution < 1.29 is 4.79 Å². The largest absolute Gasteiger partial charge is 0.366 e. The summed E-state index contributed by atoms with van der Waals surface area (Å²) in [6.45, 7) is 2.27. The normalized spacial score (nSPS) is 10.4. The topological polar surface area (TPSA) is 78.0 Å². The molecule has 2 N–H and O–H groups in total. The molecule has 1 aromatic heterocycles. The molecule has 0 aliphatic heterocycles. The van der Waals surface area contributed by atoms with E-state index in [4.69, 9.17) is 5.73 Å². The van der Waals surface area contributed by atoms with Crippen molar-refractivity contribution in [3.05, 3.63) is 62.2 Å². The van der Waals surface area contributed by atoms with Gasteiger partial charge in [0.1, 0.15) is 4.47 Å². The standard InChI is InChI=1S/C13H12BrN3O2/c1-8-4-9(12(15)18)2-3-10(8)6-17-7-16-5-11(14)13(17)19/h2-5,7H,6H2,1H3,(H2,15,18). The fourth-order valence-corrected chi connectivity index (χ4v) is 2.09. The van der Waals surface area contributed by atoms with Gasteiger partial charge in [0.2, 0.25) is 5.91 Å². The van der Waals surface area contributed by atoms with Gasteiger partial charge in [0.15, 0.2) is 0 Å². The quantitative estimate of drug-likeness (QED) is 0.929. The number of amides is 1. The Kier molecular flexibility index (Phi) is 3.80. The first-order chi connectivity index (χ1) is 8.99. The number of hydrogen-bond acceptors (Lipinski definition) is 3. The van der Waals surface area contributed by atoms with Crippen LogP contribution in [0.5, 0.6) is 0 Å². The van der Waals surface area contributed by atoms with Gasteiger partial charge in [-0.3, -0.25) is 14.2 Å². The third-order valence-corrected chi connectivity index (χ3v) is 3.37. The number of halogens is 1. The molecular weight excluding hydrogens is 310 g/mol. The average Bonchev–Trinajstić information content (AvgIpc) is 2.37. The summed E-state index contributed by atoms with van der Waals surface area (Å²) in [4.78, 5) is 26.9. The van der Waals surface area contributed by atoms with Gasteiger partial charge in [-0.05, 0) is 46.1 Å². The maximum Gasteiger partial charge on any atom is 0.267 e. The van der Waals surface area contributed by atoms with Crippen LogP contribution in [0.2, 0.25) is 0 Å². The van der Waals surface area contributed by atoms with Crippen molar-refractivity contribution in [1.82, 2.24) is 9.55 Å². The molecule has 2 rings (SSSR count). The molecule has 98 valence electrons. The summed E-state index contributed by atoms with van der Waals surface area (Å²) in [7, 11) is 0. The van der Waals surface area contributed by atoms with E-state index in [1.807, 2.05) is 6.92 Å². The zero-order valence-electron chi connectivity index (χ0n) is 10.3. The van der Waals surface area contributed by atoms with E-state index in [-0.39, 0.29) is 5.56 Å². The van der Waals surface area contributed by atoms with Crippen LogP contribution >= 0.6 is 15.9 Å². The third-order valence-electron chi connectivity index (χ3n) is 2.83. The summed E-state index contributed by atoms with van der Waals surface area (Å²) in [5, 5.41) is 0. The Hall–Kier alpha value is -1.95. The number of benzene rings is 1. The second-order valence-corrected chi connectivity index (χ2v) is 5.03. The highest BCUT2D eigenvalue weighted by molar-refractivity contribution is 9.10. The summed E-state index contributed by atoms with van der Waals surface area (Å²) < 4.78 is 1.91. The van der Waals surface area contributed by atoms with Gasteiger partial charge >= 0.3 is 0 Å². The van der Waals surface area contributed by atoms with E-state index in [1.54, 1.807) is 18.2 Å². The first kappa shape index (κ1) is 13.5. The van der Waals surface area contributed by atoms with Crippen LogP contribution in [-0.2, 0) is 6.54 Å². The number of carbonyl (C=O) groups is 1. The molecule has 2 aromatic rings. The molecule has 6 heteroatoms. The monoisotopic (exact) mass is 321 g/mol. The lowest BCUT2D eigenvalue weighted by Crippen LogP contribution is -2.21. The van der Waals surface area contributed by atoms with Crippen LogP contribution in [0.15, 0.2) is 40.0 Å². The molecule has 0 spiro atoms. The van der Waals surface area contributed by atoms with Crippen molar-refractivity contribution in [2.45, 2.75) is 13.5 Å². The van der Waals surface area contributed by atoms with Crippen molar-refractivity contribution in [3.8, 4) is 0 Å². The molecule has 5 nitrogen and oxygen atoms in total. The van der Waals surface area contributed by atoms with Gasteiger partial charge in [-0.1, -0.05) is 6.07 Å². The average molecular weight is 322 g/mol. The second kappa shape index (κ2) is 5.36. The predicted molar refractivity (Wildman–Crippen MR) is 75.0 cm³/mol. The molecule has 0 unspecified atom stereocenters. The van der Waals surface area contributed by atoms with E-state index in [0.29, 0.717) is 16.6 Å². The highest BCUT2D eigenvalue weighted by Gasteiger charge is 2.07. The van der Waals surface area contributed by atoms with E-state index < -0.39 is 5.91 Å². The first-order valence-corrected chi connectivity index (χ1v) is 6.37. The number of primary amides is 1. The van der Waals surface area contributed by atoms with Crippen molar-refractivity contribution in [2.24, 2.45) is 5.73 Å². The van der Waals surface area contributed by atoms with Crippen LogP contribution < -0.4 is 11.3 Å². The van der Waals surface area contributed by atoms with Gasteiger partial charge in [0.25, 0.3) is 5.56 Å². The van der Waals surface area contributed by atoms with Crippen LogP contribution in [0.25, 0.3) is 0 Å². The van der Waals surface area contributed by atoms with E-state index >= 15 is 0 Å². The van der Waals surface area contributed by atoms with E-state index in [9.17, 15) is 9.59 Å². The fraction of sp³-hybridized carbons (Fsp3) is 0.154. The summed E-state index contributed by atoms with van der Waals surface area (Å²) in [6.07, 6.45) is 2.94. The van der Waals surface area contributed by atoms with Gasteiger partial charge in [-0.2, -0.15) is 0 Å². The Bertz CT molecular complexity index is 695. The van der Waals surface area contributed by atoms with Crippen LogP contribution in [0.4, 0.5) is 0 Å². The molecule has 1 heterocycles. The molecule has 0 atom stereocenters. The van der Waals surface area contributed by atoms with E-state index in [2.05, 4.69) is 20.9 Å². The number of hydrogen-bond donors (Lipinski definition) is 1. The Balaban J connectivity index is 2.36. The highest BCUT2D eigenvalue weighted by Crippen LogP contribution is 2.12. The SMILES string of the molecule is Cc1cc(C(N)=O)ccc1Cn1cncc(Br)c1=O. The molecule has 0 saturated carbocycles. The van der Waals surface area contributed by atoms with Gasteiger partial charge < -0.3 is 5.73 Å². The molecule has 19 heavy (non-hydrogen) atoms. The number of rotatable bonds is 3. The first-order valence-electron chi connectivity index (χ1n) is 5.58. The molecule has 0 saturated heterocycles. The second-order valence-electron chi connectivity index (χ2n) is 4.18. The fourth-order valence-electron chi connectivity index (χ4n) is 1.75. The minimum absolute atomic E-state index is 0.145. The number of carbonyl (C=O) groups excluding carboxylic acids is 1. The van der Waals surface area contributed by atoms with Crippen LogP contribution in [0, 0.1) is 6.92 Å². The Morgan fingerprint density at radius 2 is 2.21 bits per heavy atom. The van der Waals surface area contributed by atoms with Crippen LogP contribution in [-0.4, -0.2) is 15.5 Å². The van der Waals surface area contributed by atoms with Gasteiger partial charge in [0, 0.05) is 11.8 Å². The zero-order chi connectivity index (χ0) is 14.0. The summed E-state index contributed by atoms with van der Waals surface area (Å²) in [5.41, 5.74) is 7.38. The van der Waals surface area contributed by atoms with Gasteiger partial charge in [-0.25, -0.2) is 4.98 Å². The molecule has 1 aromatic carbocycles. The smallest absolute Gasteiger partial charge is 0.267 e. The Labute approximate surface area is 118 Å². The maximum absolute atomic E-state index is 11.9. The van der Waals surface area contributed by atoms with E-state index in [0.717, 1.165) is 11.1 Å². The number of aromatic nitrogens is 2. The summed E-state index contributed by atoms with van der Waals surface area (Å²) in [5.74, 6) is -0.462. The Morgan fingerprint density at radius 3 is 2.84 bits per heavy atom. The van der Waals surface area contributed by atoms with Crippen molar-refractivity contribution in [3.63, 3.8) is 0 Å². The molecule has 0 bridgehead atoms. The number of nitrogens with zero attached hydrogens (tertiary/aromatic N) is 2. The number of nitrogens with two attached hydrogens (primary N) is 1. The minimum Gasteiger partial charge on any atom is -0.366 e. The third kappa shape index (κ3) is 2.90. The molecule has 0 aliphatic carbocycles. The zero-order valence-corrected chi connectivity index (χ0v) is 11.8. The Morgan fingerprint density at radius 1 is 1.47 bits per heavy atom. The molecule has 0 radical (unpaired) electrons. The summed E-state index contributed by atoms with van der Waals surface area (Å²) in [6, 6.07) is 5.16. The van der Waals surface area contributed by atoms with Crippen LogP contribution in [0.3, 0.4) is 0 Å². The van der Waals surface area contributed by atoms with Crippen molar-refractivity contribution >= 4 is 21.8 Å². The van der Waals surface area contributed by atoms with Crippen molar-refractivity contribution in [2.75, 3.05) is 0 Å². The van der Waals surface area contributed by atoms with Gasteiger partial charge in [0.05, 0.1) is 12.9 Å². The lowest BCUT2D eigenvalue weighted by Gasteiger charge is -2.09. The summed E-state index contributed by atoms with van der Waals surface area (Å²) >= 11 is 3.15. The molecular formula is C13H12BrN3O2. The molecule has 0 fully saturated rings.